The van der Waals surface area contributed by atoms with Gasteiger partial charge in [0.2, 0.25) is 0 Å². The molecule has 3 rings (SSSR count). The monoisotopic (exact) mass is 328 g/mol. The molecule has 1 saturated heterocycles. The van der Waals surface area contributed by atoms with Crippen LogP contribution in [0.5, 0.6) is 0 Å². The molecule has 0 unspecified atom stereocenters. The minimum atomic E-state index is 0.427. The van der Waals surface area contributed by atoms with Crippen LogP contribution in [0.3, 0.4) is 0 Å². The number of nitrogens with zero attached hydrogens (tertiary/aromatic N) is 5. The number of aromatic nitrogens is 3. The third kappa shape index (κ3) is 3.76. The van der Waals surface area contributed by atoms with E-state index >= 15 is 0 Å². The number of hydrogen-bond donors (Lipinski definition) is 1. The lowest BCUT2D eigenvalue weighted by Crippen LogP contribution is -2.41. The SMILES string of the molecule is CN(Cc1ccnc(N)c1)C[C@@H]1CCCN(C)[C@H]1c1ccnn1C. The zero-order chi connectivity index (χ0) is 17.1. The first-order chi connectivity index (χ1) is 11.5. The first kappa shape index (κ1) is 16.9. The lowest BCUT2D eigenvalue weighted by Gasteiger charge is -2.40. The molecule has 2 aromatic heterocycles. The summed E-state index contributed by atoms with van der Waals surface area (Å²) < 4.78 is 2.02. The van der Waals surface area contributed by atoms with Crippen LogP contribution in [0.4, 0.5) is 5.82 Å². The van der Waals surface area contributed by atoms with Crippen LogP contribution in [0.15, 0.2) is 30.6 Å². The Morgan fingerprint density at radius 3 is 2.83 bits per heavy atom. The van der Waals surface area contributed by atoms with Gasteiger partial charge in [-0.25, -0.2) is 4.98 Å². The maximum absolute atomic E-state index is 5.79. The van der Waals surface area contributed by atoms with Crippen LogP contribution in [-0.2, 0) is 13.6 Å². The van der Waals surface area contributed by atoms with E-state index in [9.17, 15) is 0 Å². The van der Waals surface area contributed by atoms with Crippen molar-refractivity contribution in [3.63, 3.8) is 0 Å². The molecule has 6 nitrogen and oxygen atoms in total. The average molecular weight is 328 g/mol. The lowest BCUT2D eigenvalue weighted by atomic mass is 9.87. The molecule has 0 aliphatic carbocycles. The van der Waals surface area contributed by atoms with E-state index in [-0.39, 0.29) is 0 Å². The number of pyridine rings is 1. The summed E-state index contributed by atoms with van der Waals surface area (Å²) in [6.45, 7) is 3.10. The molecule has 1 aliphatic rings. The Hall–Kier alpha value is -1.92. The zero-order valence-corrected chi connectivity index (χ0v) is 14.9. The first-order valence-electron chi connectivity index (χ1n) is 8.61. The van der Waals surface area contributed by atoms with Gasteiger partial charge in [0.05, 0.1) is 11.7 Å². The molecule has 0 amide bonds. The predicted molar refractivity (Wildman–Crippen MR) is 96.3 cm³/mol. The molecule has 6 heteroatoms. The third-order valence-corrected chi connectivity index (χ3v) is 5.01. The van der Waals surface area contributed by atoms with Gasteiger partial charge in [-0.3, -0.25) is 9.58 Å². The van der Waals surface area contributed by atoms with Gasteiger partial charge < -0.3 is 10.6 Å². The van der Waals surface area contributed by atoms with Crippen molar-refractivity contribution in [3.05, 3.63) is 41.9 Å². The van der Waals surface area contributed by atoms with Crippen molar-refractivity contribution in [2.75, 3.05) is 32.9 Å². The van der Waals surface area contributed by atoms with Crippen LogP contribution in [0.2, 0.25) is 0 Å². The highest BCUT2D eigenvalue weighted by atomic mass is 15.3. The largest absolute Gasteiger partial charge is 0.384 e. The van der Waals surface area contributed by atoms with Crippen molar-refractivity contribution in [1.82, 2.24) is 24.6 Å². The molecule has 1 aliphatic heterocycles. The standard InChI is InChI=1S/C18H28N6/c1-22(12-14-6-8-20-17(19)11-14)13-15-5-4-10-23(2)18(15)16-7-9-21-24(16)3/h6-9,11,15,18H,4-5,10,12-13H2,1-3H3,(H2,19,20)/t15-,18+/m0/s1. The van der Waals surface area contributed by atoms with E-state index in [4.69, 9.17) is 5.73 Å². The Morgan fingerprint density at radius 2 is 2.12 bits per heavy atom. The van der Waals surface area contributed by atoms with E-state index in [1.54, 1.807) is 6.20 Å². The molecule has 1 fully saturated rings. The van der Waals surface area contributed by atoms with Crippen LogP contribution < -0.4 is 5.73 Å². The van der Waals surface area contributed by atoms with Crippen molar-refractivity contribution in [3.8, 4) is 0 Å². The molecule has 0 aromatic carbocycles. The molecular formula is C18H28N6. The van der Waals surface area contributed by atoms with Crippen LogP contribution in [-0.4, -0.2) is 51.7 Å². The van der Waals surface area contributed by atoms with Gasteiger partial charge in [0.1, 0.15) is 5.82 Å². The van der Waals surface area contributed by atoms with E-state index in [1.165, 1.54) is 24.1 Å². The number of hydrogen-bond acceptors (Lipinski definition) is 5. The average Bonchev–Trinajstić information content (AvgIpc) is 2.93. The molecule has 24 heavy (non-hydrogen) atoms. The summed E-state index contributed by atoms with van der Waals surface area (Å²) in [4.78, 5) is 8.94. The number of anilines is 1. The van der Waals surface area contributed by atoms with Gasteiger partial charge >= 0.3 is 0 Å². The number of aryl methyl sites for hydroxylation is 1. The highest BCUT2D eigenvalue weighted by Crippen LogP contribution is 2.35. The van der Waals surface area contributed by atoms with Crippen molar-refractivity contribution in [1.29, 1.82) is 0 Å². The Bertz CT molecular complexity index is 667. The van der Waals surface area contributed by atoms with Crippen molar-refractivity contribution >= 4 is 5.82 Å². The molecule has 3 heterocycles. The Labute approximate surface area is 144 Å². The number of piperidine rings is 1. The summed E-state index contributed by atoms with van der Waals surface area (Å²) in [7, 11) is 6.46. The highest BCUT2D eigenvalue weighted by molar-refractivity contribution is 5.31. The van der Waals surface area contributed by atoms with Gasteiger partial charge in [-0.1, -0.05) is 0 Å². The molecule has 0 saturated carbocycles. The number of nitrogen functional groups attached to an aromatic ring is 1. The topological polar surface area (TPSA) is 63.2 Å². The molecule has 0 radical (unpaired) electrons. The Morgan fingerprint density at radius 1 is 1.29 bits per heavy atom. The van der Waals surface area contributed by atoms with Gasteiger partial charge in [-0.15, -0.1) is 0 Å². The van der Waals surface area contributed by atoms with Crippen LogP contribution in [0.25, 0.3) is 0 Å². The fourth-order valence-electron chi connectivity index (χ4n) is 3.96. The summed E-state index contributed by atoms with van der Waals surface area (Å²) in [5, 5.41) is 4.37. The lowest BCUT2D eigenvalue weighted by molar-refractivity contribution is 0.0873. The van der Waals surface area contributed by atoms with E-state index < -0.39 is 0 Å². The second-order valence-corrected chi connectivity index (χ2v) is 6.99. The van der Waals surface area contributed by atoms with Gasteiger partial charge in [0.15, 0.2) is 0 Å². The molecule has 2 aromatic rings. The molecular weight excluding hydrogens is 300 g/mol. The van der Waals surface area contributed by atoms with E-state index in [1.807, 2.05) is 30.1 Å². The number of nitrogens with two attached hydrogens (primary N) is 1. The van der Waals surface area contributed by atoms with E-state index in [0.29, 0.717) is 17.8 Å². The van der Waals surface area contributed by atoms with Crippen LogP contribution in [0, 0.1) is 5.92 Å². The quantitative estimate of drug-likeness (QED) is 0.908. The van der Waals surface area contributed by atoms with Gasteiger partial charge in [-0.05, 0) is 63.2 Å². The fourth-order valence-corrected chi connectivity index (χ4v) is 3.96. The first-order valence-corrected chi connectivity index (χ1v) is 8.61. The fraction of sp³-hybridized carbons (Fsp3) is 0.556. The second kappa shape index (κ2) is 7.32. The predicted octanol–water partition coefficient (Wildman–Crippen LogP) is 1.91. The maximum atomic E-state index is 5.79. The van der Waals surface area contributed by atoms with Crippen LogP contribution >= 0.6 is 0 Å². The van der Waals surface area contributed by atoms with Gasteiger partial charge in [-0.2, -0.15) is 5.10 Å². The third-order valence-electron chi connectivity index (χ3n) is 5.01. The van der Waals surface area contributed by atoms with E-state index in [0.717, 1.165) is 19.6 Å². The molecule has 0 bridgehead atoms. The highest BCUT2D eigenvalue weighted by Gasteiger charge is 2.32. The molecule has 0 spiro atoms. The molecule has 2 N–H and O–H groups in total. The smallest absolute Gasteiger partial charge is 0.123 e. The second-order valence-electron chi connectivity index (χ2n) is 6.99. The normalized spacial score (nSPS) is 22.2. The van der Waals surface area contributed by atoms with Crippen molar-refractivity contribution in [2.24, 2.45) is 13.0 Å². The number of likely N-dealkylation sites (tertiary alicyclic amines) is 1. The summed E-state index contributed by atoms with van der Waals surface area (Å²) in [5.74, 6) is 1.19. The maximum Gasteiger partial charge on any atom is 0.123 e. The summed E-state index contributed by atoms with van der Waals surface area (Å²) in [6, 6.07) is 6.58. The summed E-state index contributed by atoms with van der Waals surface area (Å²) in [6.07, 6.45) is 6.19. The van der Waals surface area contributed by atoms with Gasteiger partial charge in [0.25, 0.3) is 0 Å². The van der Waals surface area contributed by atoms with Crippen molar-refractivity contribution in [2.45, 2.75) is 25.4 Å². The minimum absolute atomic E-state index is 0.427. The summed E-state index contributed by atoms with van der Waals surface area (Å²) >= 11 is 0. The molecule has 130 valence electrons. The number of rotatable bonds is 5. The Kier molecular flexibility index (Phi) is 5.16. The summed E-state index contributed by atoms with van der Waals surface area (Å²) in [5.41, 5.74) is 8.32. The zero-order valence-electron chi connectivity index (χ0n) is 14.9. The molecule has 2 atom stereocenters. The Balaban J connectivity index is 1.70. The minimum Gasteiger partial charge on any atom is -0.384 e. The van der Waals surface area contributed by atoms with Crippen LogP contribution in [0.1, 0.15) is 30.1 Å². The van der Waals surface area contributed by atoms with E-state index in [2.05, 4.69) is 40.0 Å². The van der Waals surface area contributed by atoms with Crippen molar-refractivity contribution < 1.29 is 0 Å². The van der Waals surface area contributed by atoms with Gasteiger partial charge in [0, 0.05) is 32.5 Å².